The van der Waals surface area contributed by atoms with Gasteiger partial charge in [0.2, 0.25) is 0 Å². The van der Waals surface area contributed by atoms with Gasteiger partial charge in [-0.1, -0.05) is 30.3 Å². The molecular weight excluding hydrogens is 318 g/mol. The first-order chi connectivity index (χ1) is 12.1. The summed E-state index contributed by atoms with van der Waals surface area (Å²) in [6.45, 7) is 1.79. The summed E-state index contributed by atoms with van der Waals surface area (Å²) in [6.07, 6.45) is 1.58. The van der Waals surface area contributed by atoms with Gasteiger partial charge in [0.15, 0.2) is 0 Å². The first-order valence-corrected chi connectivity index (χ1v) is 7.69. The minimum absolute atomic E-state index is 0.214. The van der Waals surface area contributed by atoms with Crippen LogP contribution in [0.5, 0.6) is 0 Å². The number of carbonyl (C=O) groups is 2. The highest BCUT2D eigenvalue weighted by atomic mass is 16.5. The van der Waals surface area contributed by atoms with Crippen molar-refractivity contribution in [2.45, 2.75) is 6.92 Å². The lowest BCUT2D eigenvalue weighted by molar-refractivity contribution is 0.0596. The first kappa shape index (κ1) is 16.4. The van der Waals surface area contributed by atoms with Crippen molar-refractivity contribution < 1.29 is 14.3 Å². The number of aromatic nitrogens is 2. The summed E-state index contributed by atoms with van der Waals surface area (Å²) in [4.78, 5) is 31.5. The van der Waals surface area contributed by atoms with Gasteiger partial charge >= 0.3 is 5.97 Å². The smallest absolute Gasteiger partial charge is 0.356 e. The standard InChI is InChI=1S/C19H17N3O3/c1-12-10-16(17(21-12)19(24)25-2)22-18(23)14-8-9-20-15(11-14)13-6-4-3-5-7-13/h3-11,21H,1-2H3,(H,22,23). The number of amides is 1. The Balaban J connectivity index is 1.87. The minimum atomic E-state index is -0.539. The number of rotatable bonds is 4. The second kappa shape index (κ2) is 7.00. The SMILES string of the molecule is COC(=O)c1[nH]c(C)cc1NC(=O)c1ccnc(-c2ccccc2)c1. The molecule has 6 heteroatoms. The number of H-pyrrole nitrogens is 1. The highest BCUT2D eigenvalue weighted by Gasteiger charge is 2.18. The minimum Gasteiger partial charge on any atom is -0.464 e. The number of aryl methyl sites for hydroxylation is 1. The maximum absolute atomic E-state index is 12.6. The molecule has 2 N–H and O–H groups in total. The average Bonchev–Trinajstić information content (AvgIpc) is 3.02. The number of methoxy groups -OCH3 is 1. The second-order valence-electron chi connectivity index (χ2n) is 5.48. The van der Waals surface area contributed by atoms with Crippen LogP contribution in [0.3, 0.4) is 0 Å². The van der Waals surface area contributed by atoms with E-state index in [9.17, 15) is 9.59 Å². The molecule has 0 bridgehead atoms. The second-order valence-corrected chi connectivity index (χ2v) is 5.48. The van der Waals surface area contributed by atoms with Crippen LogP contribution in [-0.2, 0) is 4.74 Å². The van der Waals surface area contributed by atoms with Crippen molar-refractivity contribution in [3.63, 3.8) is 0 Å². The lowest BCUT2D eigenvalue weighted by Crippen LogP contribution is -2.15. The fraction of sp³-hybridized carbons (Fsp3) is 0.105. The van der Waals surface area contributed by atoms with Crippen LogP contribution in [0.2, 0.25) is 0 Å². The molecule has 0 unspecified atom stereocenters. The quantitative estimate of drug-likeness (QED) is 0.716. The lowest BCUT2D eigenvalue weighted by atomic mass is 10.1. The molecule has 3 rings (SSSR count). The molecule has 0 aliphatic carbocycles. The summed E-state index contributed by atoms with van der Waals surface area (Å²) in [5.41, 5.74) is 3.41. The first-order valence-electron chi connectivity index (χ1n) is 7.69. The number of nitrogens with zero attached hydrogens (tertiary/aromatic N) is 1. The van der Waals surface area contributed by atoms with Crippen molar-refractivity contribution in [1.82, 2.24) is 9.97 Å². The van der Waals surface area contributed by atoms with Crippen LogP contribution in [0, 0.1) is 6.92 Å². The molecule has 2 aromatic heterocycles. The zero-order chi connectivity index (χ0) is 17.8. The molecule has 0 atom stereocenters. The zero-order valence-corrected chi connectivity index (χ0v) is 13.9. The average molecular weight is 335 g/mol. The van der Waals surface area contributed by atoms with Gasteiger partial charge in [-0.3, -0.25) is 9.78 Å². The van der Waals surface area contributed by atoms with E-state index in [4.69, 9.17) is 4.74 Å². The number of benzene rings is 1. The molecule has 0 aliphatic rings. The van der Waals surface area contributed by atoms with Crippen molar-refractivity contribution in [3.8, 4) is 11.3 Å². The van der Waals surface area contributed by atoms with Gasteiger partial charge in [0.1, 0.15) is 5.69 Å². The lowest BCUT2D eigenvalue weighted by Gasteiger charge is -2.07. The third-order valence-electron chi connectivity index (χ3n) is 3.68. The molecule has 6 nitrogen and oxygen atoms in total. The van der Waals surface area contributed by atoms with E-state index in [2.05, 4.69) is 15.3 Å². The fourth-order valence-corrected chi connectivity index (χ4v) is 2.48. The van der Waals surface area contributed by atoms with Crippen LogP contribution < -0.4 is 5.32 Å². The number of hydrogen-bond acceptors (Lipinski definition) is 4. The molecule has 0 saturated carbocycles. The summed E-state index contributed by atoms with van der Waals surface area (Å²) in [5, 5.41) is 2.74. The third kappa shape index (κ3) is 3.58. The number of pyridine rings is 1. The summed E-state index contributed by atoms with van der Waals surface area (Å²) in [5.74, 6) is -0.869. The molecule has 0 fully saturated rings. The van der Waals surface area contributed by atoms with Crippen LogP contribution >= 0.6 is 0 Å². The van der Waals surface area contributed by atoms with E-state index in [0.29, 0.717) is 16.9 Å². The number of anilines is 1. The van der Waals surface area contributed by atoms with E-state index in [1.807, 2.05) is 30.3 Å². The molecule has 0 aliphatic heterocycles. The summed E-state index contributed by atoms with van der Waals surface area (Å²) in [6, 6.07) is 14.6. The zero-order valence-electron chi connectivity index (χ0n) is 13.9. The molecule has 1 aromatic carbocycles. The highest BCUT2D eigenvalue weighted by molar-refractivity contribution is 6.08. The monoisotopic (exact) mass is 335 g/mol. The van der Waals surface area contributed by atoms with Gasteiger partial charge in [0.25, 0.3) is 5.91 Å². The van der Waals surface area contributed by atoms with Gasteiger partial charge in [-0.2, -0.15) is 0 Å². The molecule has 0 saturated heterocycles. The topological polar surface area (TPSA) is 84.1 Å². The molecule has 1 amide bonds. The number of ether oxygens (including phenoxy) is 1. The van der Waals surface area contributed by atoms with Crippen LogP contribution in [-0.4, -0.2) is 29.0 Å². The molecule has 0 spiro atoms. The molecule has 126 valence electrons. The normalized spacial score (nSPS) is 10.3. The van der Waals surface area contributed by atoms with Crippen molar-refractivity contribution in [2.75, 3.05) is 12.4 Å². The number of hydrogen-bond donors (Lipinski definition) is 2. The van der Waals surface area contributed by atoms with E-state index >= 15 is 0 Å². The van der Waals surface area contributed by atoms with E-state index in [-0.39, 0.29) is 11.6 Å². The Kier molecular flexibility index (Phi) is 4.61. The Labute approximate surface area is 144 Å². The van der Waals surface area contributed by atoms with Crippen molar-refractivity contribution in [2.24, 2.45) is 0 Å². The Morgan fingerprint density at radius 3 is 2.60 bits per heavy atom. The third-order valence-corrected chi connectivity index (χ3v) is 3.68. The van der Waals surface area contributed by atoms with Gasteiger partial charge in [-0.05, 0) is 25.1 Å². The highest BCUT2D eigenvalue weighted by Crippen LogP contribution is 2.21. The Morgan fingerprint density at radius 1 is 1.12 bits per heavy atom. The fourth-order valence-electron chi connectivity index (χ4n) is 2.48. The molecule has 2 heterocycles. The van der Waals surface area contributed by atoms with Crippen LogP contribution in [0.15, 0.2) is 54.7 Å². The number of esters is 1. The van der Waals surface area contributed by atoms with Crippen LogP contribution in [0.4, 0.5) is 5.69 Å². The number of nitrogens with one attached hydrogen (secondary N) is 2. The Hall–Kier alpha value is -3.41. The van der Waals surface area contributed by atoms with Gasteiger partial charge in [-0.25, -0.2) is 4.79 Å². The Morgan fingerprint density at radius 2 is 1.88 bits per heavy atom. The van der Waals surface area contributed by atoms with Gasteiger partial charge < -0.3 is 15.0 Å². The summed E-state index contributed by atoms with van der Waals surface area (Å²) in [7, 11) is 1.29. The van der Waals surface area contributed by atoms with Crippen LogP contribution in [0.25, 0.3) is 11.3 Å². The molecule has 25 heavy (non-hydrogen) atoms. The number of carbonyl (C=O) groups excluding carboxylic acids is 2. The van der Waals surface area contributed by atoms with Gasteiger partial charge in [0, 0.05) is 23.0 Å². The van der Waals surface area contributed by atoms with E-state index in [0.717, 1.165) is 11.3 Å². The molecular formula is C19H17N3O3. The van der Waals surface area contributed by atoms with E-state index in [1.165, 1.54) is 7.11 Å². The van der Waals surface area contributed by atoms with Crippen molar-refractivity contribution in [3.05, 3.63) is 71.7 Å². The van der Waals surface area contributed by atoms with Crippen molar-refractivity contribution in [1.29, 1.82) is 0 Å². The summed E-state index contributed by atoms with van der Waals surface area (Å²) >= 11 is 0. The predicted molar refractivity (Wildman–Crippen MR) is 94.5 cm³/mol. The maximum Gasteiger partial charge on any atom is 0.356 e. The maximum atomic E-state index is 12.6. The van der Waals surface area contributed by atoms with Crippen LogP contribution in [0.1, 0.15) is 26.5 Å². The Bertz CT molecular complexity index is 917. The number of aromatic amines is 1. The van der Waals surface area contributed by atoms with E-state index < -0.39 is 5.97 Å². The van der Waals surface area contributed by atoms with Gasteiger partial charge in [-0.15, -0.1) is 0 Å². The predicted octanol–water partition coefficient (Wildman–Crippen LogP) is 3.42. The van der Waals surface area contributed by atoms with Crippen molar-refractivity contribution >= 4 is 17.6 Å². The molecule has 0 radical (unpaired) electrons. The summed E-state index contributed by atoms with van der Waals surface area (Å²) < 4.78 is 4.72. The van der Waals surface area contributed by atoms with Gasteiger partial charge in [0.05, 0.1) is 18.5 Å². The molecule has 3 aromatic rings. The largest absolute Gasteiger partial charge is 0.464 e. The van der Waals surface area contributed by atoms with E-state index in [1.54, 1.807) is 31.3 Å².